The van der Waals surface area contributed by atoms with Crippen LogP contribution in [-0.4, -0.2) is 41.1 Å². The maximum absolute atomic E-state index is 10.1. The second kappa shape index (κ2) is 10.6. The Labute approximate surface area is 140 Å². The van der Waals surface area contributed by atoms with Crippen LogP contribution in [0.5, 0.6) is 5.75 Å². The highest BCUT2D eigenvalue weighted by Crippen LogP contribution is 2.21. The molecule has 1 N–H and O–H groups in total. The summed E-state index contributed by atoms with van der Waals surface area (Å²) in [5.74, 6) is 0.325. The van der Waals surface area contributed by atoms with E-state index in [9.17, 15) is 5.11 Å². The van der Waals surface area contributed by atoms with Gasteiger partial charge in [-0.2, -0.15) is 0 Å². The standard InChI is InChI=1S/C20H28N2O/c1-5-11-21(12-6-2)16-18-9-10-20(23)19(15-18)17-22(13-7-3)14-8-4/h5-10,15,23H,1-4,11-14,16-17H2. The molecule has 0 aliphatic heterocycles. The Morgan fingerprint density at radius 2 is 1.26 bits per heavy atom. The first-order chi connectivity index (χ1) is 11.1. The zero-order chi connectivity index (χ0) is 17.1. The summed E-state index contributed by atoms with van der Waals surface area (Å²) in [6, 6.07) is 5.79. The van der Waals surface area contributed by atoms with E-state index in [1.165, 1.54) is 5.56 Å². The fourth-order valence-electron chi connectivity index (χ4n) is 2.50. The zero-order valence-corrected chi connectivity index (χ0v) is 14.0. The molecular formula is C20H28N2O. The SMILES string of the molecule is C=CCN(CC=C)Cc1ccc(O)c(CN(CC=C)CC=C)c1. The number of phenolic OH excluding ortho intramolecular Hbond substituents is 1. The smallest absolute Gasteiger partial charge is 0.120 e. The highest BCUT2D eigenvalue weighted by Gasteiger charge is 2.09. The summed E-state index contributed by atoms with van der Waals surface area (Å²) in [5, 5.41) is 10.1. The van der Waals surface area contributed by atoms with E-state index in [2.05, 4.69) is 42.2 Å². The average molecular weight is 312 g/mol. The number of aromatic hydroxyl groups is 1. The molecule has 0 amide bonds. The van der Waals surface area contributed by atoms with Crippen LogP contribution in [0.15, 0.2) is 68.8 Å². The molecule has 124 valence electrons. The Bertz CT molecular complexity index is 516. The van der Waals surface area contributed by atoms with Gasteiger partial charge in [0.2, 0.25) is 0 Å². The van der Waals surface area contributed by atoms with Gasteiger partial charge in [-0.05, 0) is 17.7 Å². The van der Waals surface area contributed by atoms with Gasteiger partial charge in [0, 0.05) is 44.8 Å². The third-order valence-electron chi connectivity index (χ3n) is 3.49. The molecule has 1 aromatic carbocycles. The first kappa shape index (κ1) is 18.9. The van der Waals surface area contributed by atoms with E-state index in [1.54, 1.807) is 6.07 Å². The molecule has 0 aliphatic rings. The van der Waals surface area contributed by atoms with Crippen molar-refractivity contribution >= 4 is 0 Å². The predicted octanol–water partition coefficient (Wildman–Crippen LogP) is 3.74. The molecule has 0 saturated heterocycles. The zero-order valence-electron chi connectivity index (χ0n) is 14.0. The van der Waals surface area contributed by atoms with Gasteiger partial charge in [0.25, 0.3) is 0 Å². The highest BCUT2D eigenvalue weighted by molar-refractivity contribution is 5.36. The van der Waals surface area contributed by atoms with E-state index in [0.29, 0.717) is 12.3 Å². The van der Waals surface area contributed by atoms with Crippen molar-refractivity contribution < 1.29 is 5.11 Å². The summed E-state index contributed by atoms with van der Waals surface area (Å²) in [6.07, 6.45) is 7.50. The first-order valence-electron chi connectivity index (χ1n) is 7.83. The van der Waals surface area contributed by atoms with Crippen LogP contribution in [0, 0.1) is 0 Å². The van der Waals surface area contributed by atoms with E-state index >= 15 is 0 Å². The summed E-state index contributed by atoms with van der Waals surface area (Å²) in [4.78, 5) is 4.41. The second-order valence-corrected chi connectivity index (χ2v) is 5.51. The monoisotopic (exact) mass is 312 g/mol. The molecule has 0 aliphatic carbocycles. The summed E-state index contributed by atoms with van der Waals surface area (Å²) in [6.45, 7) is 19.7. The van der Waals surface area contributed by atoms with Crippen LogP contribution < -0.4 is 0 Å². The summed E-state index contributed by atoms with van der Waals surface area (Å²) in [7, 11) is 0. The summed E-state index contributed by atoms with van der Waals surface area (Å²) >= 11 is 0. The Hall–Kier alpha value is -2.10. The van der Waals surface area contributed by atoms with E-state index in [-0.39, 0.29) is 0 Å². The minimum atomic E-state index is 0.325. The molecule has 3 heteroatoms. The van der Waals surface area contributed by atoms with Crippen molar-refractivity contribution in [2.45, 2.75) is 13.1 Å². The van der Waals surface area contributed by atoms with Gasteiger partial charge in [0.15, 0.2) is 0 Å². The predicted molar refractivity (Wildman–Crippen MR) is 99.4 cm³/mol. The Kier molecular flexibility index (Phi) is 8.73. The first-order valence-corrected chi connectivity index (χ1v) is 7.83. The molecular weight excluding hydrogens is 284 g/mol. The molecule has 0 unspecified atom stereocenters. The second-order valence-electron chi connectivity index (χ2n) is 5.51. The molecule has 23 heavy (non-hydrogen) atoms. The largest absolute Gasteiger partial charge is 0.508 e. The number of nitrogens with zero attached hydrogens (tertiary/aromatic N) is 2. The molecule has 0 heterocycles. The lowest BCUT2D eigenvalue weighted by molar-refractivity contribution is 0.317. The van der Waals surface area contributed by atoms with Crippen LogP contribution in [0.3, 0.4) is 0 Å². The van der Waals surface area contributed by atoms with Crippen LogP contribution in [0.2, 0.25) is 0 Å². The number of hydrogen-bond acceptors (Lipinski definition) is 3. The molecule has 0 bridgehead atoms. The lowest BCUT2D eigenvalue weighted by Gasteiger charge is -2.22. The van der Waals surface area contributed by atoms with Crippen LogP contribution in [0.25, 0.3) is 0 Å². The van der Waals surface area contributed by atoms with Gasteiger partial charge in [0.1, 0.15) is 5.75 Å². The highest BCUT2D eigenvalue weighted by atomic mass is 16.3. The van der Waals surface area contributed by atoms with Crippen LogP contribution in [0.1, 0.15) is 11.1 Å². The molecule has 0 fully saturated rings. The number of hydrogen-bond donors (Lipinski definition) is 1. The molecule has 0 radical (unpaired) electrons. The van der Waals surface area contributed by atoms with Crippen molar-refractivity contribution in [3.8, 4) is 5.75 Å². The fraction of sp³-hybridized carbons (Fsp3) is 0.300. The number of rotatable bonds is 12. The summed E-state index contributed by atoms with van der Waals surface area (Å²) in [5.41, 5.74) is 2.09. The molecule has 0 saturated carbocycles. The van der Waals surface area contributed by atoms with Crippen molar-refractivity contribution in [3.63, 3.8) is 0 Å². The maximum atomic E-state index is 10.1. The third-order valence-corrected chi connectivity index (χ3v) is 3.49. The van der Waals surface area contributed by atoms with Gasteiger partial charge in [-0.25, -0.2) is 0 Å². The minimum Gasteiger partial charge on any atom is -0.508 e. The quantitative estimate of drug-likeness (QED) is 0.596. The minimum absolute atomic E-state index is 0.325. The van der Waals surface area contributed by atoms with Gasteiger partial charge < -0.3 is 5.11 Å². The van der Waals surface area contributed by atoms with E-state index in [1.807, 2.05) is 30.4 Å². The van der Waals surface area contributed by atoms with Gasteiger partial charge in [0.05, 0.1) is 0 Å². The molecule has 0 atom stereocenters. The van der Waals surface area contributed by atoms with Gasteiger partial charge in [-0.15, -0.1) is 26.3 Å². The van der Waals surface area contributed by atoms with E-state index in [0.717, 1.165) is 38.3 Å². The Balaban J connectivity index is 2.88. The van der Waals surface area contributed by atoms with Crippen LogP contribution >= 0.6 is 0 Å². The maximum Gasteiger partial charge on any atom is 0.120 e. The third kappa shape index (κ3) is 6.68. The molecule has 3 nitrogen and oxygen atoms in total. The summed E-state index contributed by atoms with van der Waals surface area (Å²) < 4.78 is 0. The van der Waals surface area contributed by atoms with Crippen LogP contribution in [-0.2, 0) is 13.1 Å². The molecule has 0 spiro atoms. The van der Waals surface area contributed by atoms with E-state index in [4.69, 9.17) is 0 Å². The van der Waals surface area contributed by atoms with Gasteiger partial charge in [-0.3, -0.25) is 9.80 Å². The fourth-order valence-corrected chi connectivity index (χ4v) is 2.50. The van der Waals surface area contributed by atoms with Gasteiger partial charge >= 0.3 is 0 Å². The van der Waals surface area contributed by atoms with Gasteiger partial charge in [-0.1, -0.05) is 30.4 Å². The van der Waals surface area contributed by atoms with Crippen molar-refractivity contribution in [2.24, 2.45) is 0 Å². The van der Waals surface area contributed by atoms with Crippen molar-refractivity contribution in [3.05, 3.63) is 79.9 Å². The van der Waals surface area contributed by atoms with Crippen molar-refractivity contribution in [1.82, 2.24) is 9.80 Å². The Morgan fingerprint density at radius 3 is 1.74 bits per heavy atom. The normalized spacial score (nSPS) is 10.7. The molecule has 0 aromatic heterocycles. The Morgan fingerprint density at radius 1 is 0.783 bits per heavy atom. The molecule has 1 rings (SSSR count). The topological polar surface area (TPSA) is 26.7 Å². The van der Waals surface area contributed by atoms with E-state index < -0.39 is 0 Å². The number of phenols is 1. The van der Waals surface area contributed by atoms with Crippen molar-refractivity contribution in [1.29, 1.82) is 0 Å². The van der Waals surface area contributed by atoms with Crippen molar-refractivity contribution in [2.75, 3.05) is 26.2 Å². The van der Waals surface area contributed by atoms with Crippen LogP contribution in [0.4, 0.5) is 0 Å². The average Bonchev–Trinajstić information content (AvgIpc) is 2.51. The lowest BCUT2D eigenvalue weighted by atomic mass is 10.1. The number of benzene rings is 1. The molecule has 1 aromatic rings. The lowest BCUT2D eigenvalue weighted by Crippen LogP contribution is -2.24.